The first-order valence-corrected chi connectivity index (χ1v) is 4.76. The van der Waals surface area contributed by atoms with Gasteiger partial charge in [0.25, 0.3) is 0 Å². The maximum atomic E-state index is 3.99. The zero-order chi connectivity index (χ0) is 8.77. The lowest BCUT2D eigenvalue weighted by atomic mass is 9.85. The van der Waals surface area contributed by atoms with Gasteiger partial charge in [-0.05, 0) is 26.8 Å². The lowest BCUT2D eigenvalue weighted by Crippen LogP contribution is -2.58. The van der Waals surface area contributed by atoms with E-state index < -0.39 is 0 Å². The third-order valence-electron chi connectivity index (χ3n) is 3.59. The first kappa shape index (κ1) is 8.11. The van der Waals surface area contributed by atoms with Crippen molar-refractivity contribution in [3.8, 4) is 0 Å². The van der Waals surface area contributed by atoms with Crippen molar-refractivity contribution in [3.05, 3.63) is 12.3 Å². The smallest absolute Gasteiger partial charge is 0.0410 e. The molecule has 1 spiro atoms. The minimum absolute atomic E-state index is 0.527. The summed E-state index contributed by atoms with van der Waals surface area (Å²) in [6.45, 7) is 9.80. The van der Waals surface area contributed by atoms with Gasteiger partial charge in [0.2, 0.25) is 0 Å². The second-order valence-corrected chi connectivity index (χ2v) is 4.30. The molecule has 12 heavy (non-hydrogen) atoms. The number of likely N-dealkylation sites (tertiary alicyclic amines) is 2. The average Bonchev–Trinajstić information content (AvgIpc) is 2.48. The summed E-state index contributed by atoms with van der Waals surface area (Å²) in [5, 5.41) is 0. The number of hydrogen-bond acceptors (Lipinski definition) is 2. The fourth-order valence-electron chi connectivity index (χ4n) is 2.35. The van der Waals surface area contributed by atoms with Crippen LogP contribution in [0, 0.1) is 0 Å². The minimum atomic E-state index is 0.527. The number of rotatable bonds is 1. The van der Waals surface area contributed by atoms with E-state index in [0.29, 0.717) is 5.54 Å². The van der Waals surface area contributed by atoms with Crippen LogP contribution in [0.25, 0.3) is 0 Å². The monoisotopic (exact) mass is 166 g/mol. The van der Waals surface area contributed by atoms with E-state index in [1.807, 2.05) is 0 Å². The Bertz CT molecular complexity index is 212. The SMILES string of the molecule is C=C(C)N1CCC2(CCN2C)C1. The van der Waals surface area contributed by atoms with Crippen molar-refractivity contribution in [1.29, 1.82) is 0 Å². The van der Waals surface area contributed by atoms with Crippen LogP contribution >= 0.6 is 0 Å². The highest BCUT2D eigenvalue weighted by atomic mass is 15.3. The van der Waals surface area contributed by atoms with Crippen molar-refractivity contribution in [3.63, 3.8) is 0 Å². The van der Waals surface area contributed by atoms with Gasteiger partial charge in [0.1, 0.15) is 0 Å². The number of allylic oxidation sites excluding steroid dienone is 1. The van der Waals surface area contributed by atoms with E-state index in [4.69, 9.17) is 0 Å². The van der Waals surface area contributed by atoms with E-state index in [2.05, 4.69) is 30.4 Å². The zero-order valence-corrected chi connectivity index (χ0v) is 8.14. The van der Waals surface area contributed by atoms with Crippen LogP contribution in [-0.4, -0.2) is 42.0 Å². The molecule has 2 aliphatic heterocycles. The Kier molecular flexibility index (Phi) is 1.69. The number of nitrogens with zero attached hydrogens (tertiary/aromatic N) is 2. The quantitative estimate of drug-likeness (QED) is 0.579. The van der Waals surface area contributed by atoms with Crippen molar-refractivity contribution in [2.45, 2.75) is 25.3 Å². The molecule has 0 radical (unpaired) electrons. The Labute approximate surface area is 74.8 Å². The number of hydrogen-bond donors (Lipinski definition) is 0. The molecule has 0 aromatic heterocycles. The van der Waals surface area contributed by atoms with Gasteiger partial charge in [-0.1, -0.05) is 6.58 Å². The molecule has 0 aromatic rings. The Hall–Kier alpha value is -0.500. The summed E-state index contributed by atoms with van der Waals surface area (Å²) >= 11 is 0. The molecular formula is C10H18N2. The van der Waals surface area contributed by atoms with Gasteiger partial charge in [0, 0.05) is 30.9 Å². The molecule has 0 bridgehead atoms. The largest absolute Gasteiger partial charge is 0.374 e. The fourth-order valence-corrected chi connectivity index (χ4v) is 2.35. The van der Waals surface area contributed by atoms with Crippen LogP contribution in [0.1, 0.15) is 19.8 Å². The van der Waals surface area contributed by atoms with Crippen molar-refractivity contribution in [1.82, 2.24) is 9.80 Å². The topological polar surface area (TPSA) is 6.48 Å². The van der Waals surface area contributed by atoms with Gasteiger partial charge >= 0.3 is 0 Å². The van der Waals surface area contributed by atoms with E-state index in [1.165, 1.54) is 38.2 Å². The van der Waals surface area contributed by atoms with E-state index in [1.54, 1.807) is 0 Å². The molecule has 1 atom stereocenters. The van der Waals surface area contributed by atoms with Crippen LogP contribution in [0.5, 0.6) is 0 Å². The fraction of sp³-hybridized carbons (Fsp3) is 0.800. The third-order valence-corrected chi connectivity index (χ3v) is 3.59. The first-order valence-electron chi connectivity index (χ1n) is 4.76. The van der Waals surface area contributed by atoms with Gasteiger partial charge in [-0.15, -0.1) is 0 Å². The first-order chi connectivity index (χ1) is 5.64. The molecule has 2 nitrogen and oxygen atoms in total. The van der Waals surface area contributed by atoms with Gasteiger partial charge in [-0.3, -0.25) is 4.90 Å². The predicted octanol–water partition coefficient (Wildman–Crippen LogP) is 1.30. The predicted molar refractivity (Wildman–Crippen MR) is 51.0 cm³/mol. The summed E-state index contributed by atoms with van der Waals surface area (Å²) in [6.07, 6.45) is 2.71. The minimum Gasteiger partial charge on any atom is -0.374 e. The standard InChI is InChI=1S/C10H18N2/c1-9(2)12-7-5-10(8-12)4-6-11(10)3/h1,4-8H2,2-3H3. The van der Waals surface area contributed by atoms with Gasteiger partial charge in [-0.2, -0.15) is 0 Å². The second-order valence-electron chi connectivity index (χ2n) is 4.30. The second kappa shape index (κ2) is 2.49. The number of likely N-dealkylation sites (N-methyl/N-ethyl adjacent to an activating group) is 1. The van der Waals surface area contributed by atoms with E-state index in [9.17, 15) is 0 Å². The van der Waals surface area contributed by atoms with Crippen molar-refractivity contribution in [2.75, 3.05) is 26.7 Å². The highest BCUT2D eigenvalue weighted by Crippen LogP contribution is 2.38. The summed E-state index contributed by atoms with van der Waals surface area (Å²) in [6, 6.07) is 0. The summed E-state index contributed by atoms with van der Waals surface area (Å²) < 4.78 is 0. The molecular weight excluding hydrogens is 148 g/mol. The highest BCUT2D eigenvalue weighted by molar-refractivity contribution is 5.08. The summed E-state index contributed by atoms with van der Waals surface area (Å²) in [4.78, 5) is 4.91. The molecule has 2 fully saturated rings. The summed E-state index contributed by atoms with van der Waals surface area (Å²) in [5.41, 5.74) is 1.76. The molecule has 2 heterocycles. The molecule has 68 valence electrons. The van der Waals surface area contributed by atoms with E-state index in [0.717, 1.165) is 0 Å². The Balaban J connectivity index is 2.02. The van der Waals surface area contributed by atoms with Crippen LogP contribution in [0.3, 0.4) is 0 Å². The zero-order valence-electron chi connectivity index (χ0n) is 8.14. The van der Waals surface area contributed by atoms with E-state index >= 15 is 0 Å². The molecule has 0 amide bonds. The van der Waals surface area contributed by atoms with Crippen molar-refractivity contribution >= 4 is 0 Å². The Morgan fingerprint density at radius 2 is 2.00 bits per heavy atom. The van der Waals surface area contributed by atoms with Crippen LogP contribution in [0.15, 0.2) is 12.3 Å². The normalized spacial score (nSPS) is 35.7. The molecule has 1 unspecified atom stereocenters. The molecule has 2 aliphatic rings. The maximum Gasteiger partial charge on any atom is 0.0410 e. The molecule has 0 saturated carbocycles. The summed E-state index contributed by atoms with van der Waals surface area (Å²) in [7, 11) is 2.24. The Morgan fingerprint density at radius 3 is 2.25 bits per heavy atom. The van der Waals surface area contributed by atoms with Crippen LogP contribution < -0.4 is 0 Å². The van der Waals surface area contributed by atoms with E-state index in [-0.39, 0.29) is 0 Å². The lowest BCUT2D eigenvalue weighted by molar-refractivity contribution is 0.0221. The van der Waals surface area contributed by atoms with Crippen LogP contribution in [-0.2, 0) is 0 Å². The van der Waals surface area contributed by atoms with Gasteiger partial charge in [0.15, 0.2) is 0 Å². The van der Waals surface area contributed by atoms with Gasteiger partial charge in [-0.25, -0.2) is 0 Å². The van der Waals surface area contributed by atoms with Gasteiger partial charge in [0.05, 0.1) is 0 Å². The molecule has 2 saturated heterocycles. The molecule has 2 rings (SSSR count). The average molecular weight is 166 g/mol. The Morgan fingerprint density at radius 1 is 1.33 bits per heavy atom. The van der Waals surface area contributed by atoms with Crippen molar-refractivity contribution in [2.24, 2.45) is 0 Å². The maximum absolute atomic E-state index is 3.99. The molecule has 0 N–H and O–H groups in total. The van der Waals surface area contributed by atoms with Crippen molar-refractivity contribution < 1.29 is 0 Å². The van der Waals surface area contributed by atoms with Crippen LogP contribution in [0.2, 0.25) is 0 Å². The van der Waals surface area contributed by atoms with Crippen LogP contribution in [0.4, 0.5) is 0 Å². The lowest BCUT2D eigenvalue weighted by Gasteiger charge is -2.48. The highest BCUT2D eigenvalue weighted by Gasteiger charge is 2.46. The molecule has 0 aliphatic carbocycles. The van der Waals surface area contributed by atoms with Gasteiger partial charge < -0.3 is 4.90 Å². The molecule has 2 heteroatoms. The molecule has 0 aromatic carbocycles. The third kappa shape index (κ3) is 0.977. The summed E-state index contributed by atoms with van der Waals surface area (Å²) in [5.74, 6) is 0.